The predicted octanol–water partition coefficient (Wildman–Crippen LogP) is 1.41. The molecule has 1 atom stereocenters. The van der Waals surface area contributed by atoms with E-state index in [-0.39, 0.29) is 12.0 Å². The van der Waals surface area contributed by atoms with Crippen LogP contribution in [0, 0.1) is 6.92 Å². The molecule has 2 heterocycles. The molecule has 5 nitrogen and oxygen atoms in total. The quantitative estimate of drug-likeness (QED) is 0.856. The second-order valence-corrected chi connectivity index (χ2v) is 6.98. The molecule has 3 rings (SSSR count). The summed E-state index contributed by atoms with van der Waals surface area (Å²) in [4.78, 5) is 16.8. The van der Waals surface area contributed by atoms with Crippen LogP contribution in [0.5, 0.6) is 0 Å². The van der Waals surface area contributed by atoms with Gasteiger partial charge in [0, 0.05) is 45.9 Å². The van der Waals surface area contributed by atoms with Gasteiger partial charge in [0.15, 0.2) is 0 Å². The molecule has 0 spiro atoms. The number of carbonyl (C=O) groups is 1. The molecule has 0 aromatic heterocycles. The molecule has 1 amide bonds. The second-order valence-electron chi connectivity index (χ2n) is 6.98. The molecule has 0 radical (unpaired) electrons. The van der Waals surface area contributed by atoms with Crippen molar-refractivity contribution < 1.29 is 9.53 Å². The van der Waals surface area contributed by atoms with E-state index in [0.29, 0.717) is 13.1 Å². The molecule has 1 unspecified atom stereocenters. The number of nitrogens with zero attached hydrogens (tertiary/aromatic N) is 2. The van der Waals surface area contributed by atoms with Crippen LogP contribution in [-0.2, 0) is 16.1 Å². The first-order valence-electron chi connectivity index (χ1n) is 9.07. The lowest BCUT2D eigenvalue weighted by atomic mass is 10.1. The zero-order valence-corrected chi connectivity index (χ0v) is 14.7. The zero-order valence-electron chi connectivity index (χ0n) is 14.7. The van der Waals surface area contributed by atoms with Crippen LogP contribution < -0.4 is 5.32 Å². The fourth-order valence-electron chi connectivity index (χ4n) is 3.47. The molecule has 132 valence electrons. The van der Waals surface area contributed by atoms with Gasteiger partial charge in [-0.2, -0.15) is 0 Å². The molecule has 0 bridgehead atoms. The van der Waals surface area contributed by atoms with Crippen LogP contribution in [0.3, 0.4) is 0 Å². The minimum absolute atomic E-state index is 0.123. The van der Waals surface area contributed by atoms with Crippen LogP contribution in [-0.4, -0.2) is 67.7 Å². The summed E-state index contributed by atoms with van der Waals surface area (Å²) in [7, 11) is 0. The molecule has 5 heteroatoms. The van der Waals surface area contributed by atoms with E-state index in [2.05, 4.69) is 46.3 Å². The molecule has 2 fully saturated rings. The van der Waals surface area contributed by atoms with Crippen molar-refractivity contribution in [1.82, 2.24) is 15.1 Å². The number of carbonyl (C=O) groups excluding carboxylic acids is 1. The standard InChI is InChI=1S/C19H29N3O2/c1-16-4-2-5-17(12-16)14-21-7-9-22(10-8-21)15-19(23)20-13-18-6-3-11-24-18/h2,4-5,12,18H,3,6-11,13-15H2,1H3,(H,20,23). The van der Waals surface area contributed by atoms with E-state index < -0.39 is 0 Å². The molecular weight excluding hydrogens is 302 g/mol. The number of nitrogens with one attached hydrogen (secondary N) is 1. The van der Waals surface area contributed by atoms with Gasteiger partial charge < -0.3 is 10.1 Å². The Morgan fingerprint density at radius 3 is 2.75 bits per heavy atom. The highest BCUT2D eigenvalue weighted by molar-refractivity contribution is 5.78. The van der Waals surface area contributed by atoms with Crippen LogP contribution >= 0.6 is 0 Å². The monoisotopic (exact) mass is 331 g/mol. The molecular formula is C19H29N3O2. The van der Waals surface area contributed by atoms with Crippen LogP contribution in [0.15, 0.2) is 24.3 Å². The largest absolute Gasteiger partial charge is 0.376 e. The Balaban J connectivity index is 1.34. The summed E-state index contributed by atoms with van der Waals surface area (Å²) in [6, 6.07) is 8.71. The van der Waals surface area contributed by atoms with Gasteiger partial charge in [-0.15, -0.1) is 0 Å². The van der Waals surface area contributed by atoms with Crippen molar-refractivity contribution in [2.75, 3.05) is 45.9 Å². The van der Waals surface area contributed by atoms with Crippen molar-refractivity contribution in [3.63, 3.8) is 0 Å². The third kappa shape index (κ3) is 5.30. The van der Waals surface area contributed by atoms with E-state index in [0.717, 1.165) is 52.2 Å². The molecule has 0 aliphatic carbocycles. The van der Waals surface area contributed by atoms with Gasteiger partial charge in [-0.05, 0) is 25.3 Å². The summed E-state index contributed by atoms with van der Waals surface area (Å²) >= 11 is 0. The van der Waals surface area contributed by atoms with Gasteiger partial charge in [-0.1, -0.05) is 29.8 Å². The Hall–Kier alpha value is -1.43. The number of ether oxygens (including phenoxy) is 1. The first-order valence-corrected chi connectivity index (χ1v) is 9.07. The summed E-state index contributed by atoms with van der Waals surface area (Å²) in [5.74, 6) is 0.123. The van der Waals surface area contributed by atoms with Gasteiger partial charge in [-0.3, -0.25) is 14.6 Å². The van der Waals surface area contributed by atoms with E-state index in [1.54, 1.807) is 0 Å². The van der Waals surface area contributed by atoms with Gasteiger partial charge in [0.05, 0.1) is 12.6 Å². The number of benzene rings is 1. The summed E-state index contributed by atoms with van der Waals surface area (Å²) in [5.41, 5.74) is 2.69. The molecule has 24 heavy (non-hydrogen) atoms. The van der Waals surface area contributed by atoms with Crippen LogP contribution in [0.2, 0.25) is 0 Å². The molecule has 2 aliphatic heterocycles. The molecule has 1 aromatic carbocycles. The highest BCUT2D eigenvalue weighted by Gasteiger charge is 2.20. The average Bonchev–Trinajstić information content (AvgIpc) is 3.08. The van der Waals surface area contributed by atoms with Crippen molar-refractivity contribution >= 4 is 5.91 Å². The van der Waals surface area contributed by atoms with Crippen molar-refractivity contribution in [3.8, 4) is 0 Å². The van der Waals surface area contributed by atoms with Crippen molar-refractivity contribution in [3.05, 3.63) is 35.4 Å². The minimum atomic E-state index is 0.123. The molecule has 1 aromatic rings. The number of amides is 1. The van der Waals surface area contributed by atoms with Gasteiger partial charge in [0.2, 0.25) is 5.91 Å². The second kappa shape index (κ2) is 8.60. The number of piperazine rings is 1. The molecule has 2 aliphatic rings. The maximum atomic E-state index is 12.1. The van der Waals surface area contributed by atoms with Crippen LogP contribution in [0.25, 0.3) is 0 Å². The Bertz CT molecular complexity index is 535. The fraction of sp³-hybridized carbons (Fsp3) is 0.632. The van der Waals surface area contributed by atoms with E-state index in [1.807, 2.05) is 0 Å². The van der Waals surface area contributed by atoms with Crippen molar-refractivity contribution in [1.29, 1.82) is 0 Å². The fourth-order valence-corrected chi connectivity index (χ4v) is 3.47. The number of hydrogen-bond donors (Lipinski definition) is 1. The Labute approximate surface area is 145 Å². The van der Waals surface area contributed by atoms with Crippen LogP contribution in [0.4, 0.5) is 0 Å². The first kappa shape index (κ1) is 17.4. The third-order valence-electron chi connectivity index (χ3n) is 4.87. The average molecular weight is 331 g/mol. The molecule has 1 N–H and O–H groups in total. The summed E-state index contributed by atoms with van der Waals surface area (Å²) < 4.78 is 5.54. The zero-order chi connectivity index (χ0) is 16.8. The molecule has 2 saturated heterocycles. The lowest BCUT2D eigenvalue weighted by Crippen LogP contribution is -2.49. The third-order valence-corrected chi connectivity index (χ3v) is 4.87. The number of hydrogen-bond acceptors (Lipinski definition) is 4. The lowest BCUT2D eigenvalue weighted by Gasteiger charge is -2.34. The Morgan fingerprint density at radius 2 is 2.04 bits per heavy atom. The summed E-state index contributed by atoms with van der Waals surface area (Å²) in [6.07, 6.45) is 2.40. The van der Waals surface area contributed by atoms with E-state index in [9.17, 15) is 4.79 Å². The highest BCUT2D eigenvalue weighted by Crippen LogP contribution is 2.11. The normalized spacial score (nSPS) is 22.6. The number of rotatable bonds is 6. The van der Waals surface area contributed by atoms with E-state index >= 15 is 0 Å². The molecule has 0 saturated carbocycles. The summed E-state index contributed by atoms with van der Waals surface area (Å²) in [5, 5.41) is 3.01. The van der Waals surface area contributed by atoms with Gasteiger partial charge in [-0.25, -0.2) is 0 Å². The predicted molar refractivity (Wildman–Crippen MR) is 94.9 cm³/mol. The maximum Gasteiger partial charge on any atom is 0.234 e. The first-order chi connectivity index (χ1) is 11.7. The minimum Gasteiger partial charge on any atom is -0.376 e. The highest BCUT2D eigenvalue weighted by atomic mass is 16.5. The van der Waals surface area contributed by atoms with Gasteiger partial charge in [0.1, 0.15) is 0 Å². The van der Waals surface area contributed by atoms with Gasteiger partial charge >= 0.3 is 0 Å². The maximum absolute atomic E-state index is 12.1. The smallest absolute Gasteiger partial charge is 0.234 e. The lowest BCUT2D eigenvalue weighted by molar-refractivity contribution is -0.123. The van der Waals surface area contributed by atoms with E-state index in [4.69, 9.17) is 4.74 Å². The topological polar surface area (TPSA) is 44.8 Å². The Kier molecular flexibility index (Phi) is 6.24. The van der Waals surface area contributed by atoms with E-state index in [1.165, 1.54) is 11.1 Å². The van der Waals surface area contributed by atoms with Gasteiger partial charge in [0.25, 0.3) is 0 Å². The SMILES string of the molecule is Cc1cccc(CN2CCN(CC(=O)NCC3CCCO3)CC2)c1. The Morgan fingerprint density at radius 1 is 1.25 bits per heavy atom. The van der Waals surface area contributed by atoms with Crippen LogP contribution in [0.1, 0.15) is 24.0 Å². The van der Waals surface area contributed by atoms with Crippen molar-refractivity contribution in [2.45, 2.75) is 32.4 Å². The van der Waals surface area contributed by atoms with Crippen molar-refractivity contribution in [2.24, 2.45) is 0 Å². The number of aryl methyl sites for hydroxylation is 1. The summed E-state index contributed by atoms with van der Waals surface area (Å²) in [6.45, 7) is 9.09.